The second kappa shape index (κ2) is 9.30. The van der Waals surface area contributed by atoms with Crippen LogP contribution in [0.5, 0.6) is 0 Å². The first kappa shape index (κ1) is 13.7. The molecule has 0 unspecified atom stereocenters. The van der Waals surface area contributed by atoms with Gasteiger partial charge in [-0.2, -0.15) is 0 Å². The van der Waals surface area contributed by atoms with E-state index in [4.69, 9.17) is 9.47 Å². The number of carbonyl (C=O) groups excluding carboxylic acids is 1. The summed E-state index contributed by atoms with van der Waals surface area (Å²) in [6, 6.07) is 0. The lowest BCUT2D eigenvalue weighted by Gasteiger charge is -2.07. The highest BCUT2D eigenvalue weighted by Gasteiger charge is 1.94. The molecule has 0 aromatic heterocycles. The number of hydrogen-bond acceptors (Lipinski definition) is 3. The topological polar surface area (TPSA) is 47.6 Å². The van der Waals surface area contributed by atoms with Crippen LogP contribution in [-0.4, -0.2) is 38.2 Å². The van der Waals surface area contributed by atoms with Gasteiger partial charge in [0.1, 0.15) is 0 Å². The van der Waals surface area contributed by atoms with Crippen molar-refractivity contribution in [3.05, 3.63) is 0 Å². The van der Waals surface area contributed by atoms with Crippen molar-refractivity contribution in [1.82, 2.24) is 5.32 Å². The molecule has 84 valence electrons. The summed E-state index contributed by atoms with van der Waals surface area (Å²) in [7, 11) is 0. The molecule has 0 aliphatic heterocycles. The molecular formula is C9H19NO3S. The smallest absolute Gasteiger partial charge is 0.276 e. The van der Waals surface area contributed by atoms with E-state index in [-0.39, 0.29) is 5.24 Å². The third kappa shape index (κ3) is 11.7. The first-order chi connectivity index (χ1) is 6.63. The fraction of sp³-hybridized carbons (Fsp3) is 0.889. The molecule has 0 aromatic rings. The molecule has 0 bridgehead atoms. The van der Waals surface area contributed by atoms with Gasteiger partial charge in [-0.3, -0.25) is 4.79 Å². The normalized spacial score (nSPS) is 10.6. The summed E-state index contributed by atoms with van der Waals surface area (Å²) in [6.45, 7) is 7.12. The molecule has 14 heavy (non-hydrogen) atoms. The molecule has 0 saturated heterocycles. The van der Waals surface area contributed by atoms with Crippen LogP contribution in [0.4, 0.5) is 4.79 Å². The summed E-state index contributed by atoms with van der Waals surface area (Å²) in [5.41, 5.74) is 0. The molecule has 0 atom stereocenters. The van der Waals surface area contributed by atoms with Crippen molar-refractivity contribution in [3.63, 3.8) is 0 Å². The molecule has 0 aromatic carbocycles. The third-order valence-corrected chi connectivity index (χ3v) is 1.50. The van der Waals surface area contributed by atoms with Gasteiger partial charge in [-0.25, -0.2) is 0 Å². The van der Waals surface area contributed by atoms with Gasteiger partial charge in [0.15, 0.2) is 0 Å². The van der Waals surface area contributed by atoms with Crippen LogP contribution in [0.25, 0.3) is 0 Å². The fourth-order valence-electron chi connectivity index (χ4n) is 0.769. The van der Waals surface area contributed by atoms with Crippen molar-refractivity contribution in [3.8, 4) is 0 Å². The van der Waals surface area contributed by atoms with Crippen molar-refractivity contribution in [2.75, 3.05) is 33.0 Å². The molecule has 5 heteroatoms. The number of carbonyl (C=O) groups is 1. The highest BCUT2D eigenvalue weighted by molar-refractivity contribution is 7.96. The summed E-state index contributed by atoms with van der Waals surface area (Å²) in [4.78, 5) is 10.3. The molecule has 4 nitrogen and oxygen atoms in total. The first-order valence-corrected chi connectivity index (χ1v) is 5.20. The summed E-state index contributed by atoms with van der Waals surface area (Å²) in [5, 5.41) is 2.19. The maximum absolute atomic E-state index is 10.3. The molecule has 1 N–H and O–H groups in total. The Balaban J connectivity index is 2.96. The third-order valence-electron chi connectivity index (χ3n) is 1.35. The Labute approximate surface area is 90.8 Å². The van der Waals surface area contributed by atoms with Gasteiger partial charge in [0, 0.05) is 13.2 Å². The van der Waals surface area contributed by atoms with Gasteiger partial charge in [0.05, 0.1) is 19.8 Å². The largest absolute Gasteiger partial charge is 0.379 e. The van der Waals surface area contributed by atoms with Gasteiger partial charge in [-0.15, -0.1) is 0 Å². The predicted molar refractivity (Wildman–Crippen MR) is 58.9 cm³/mol. The Kier molecular flexibility index (Phi) is 9.13. The zero-order valence-electron chi connectivity index (χ0n) is 8.78. The second-order valence-electron chi connectivity index (χ2n) is 3.31. The number of nitrogens with one attached hydrogen (secondary N) is 1. The highest BCUT2D eigenvalue weighted by atomic mass is 32.1. The van der Waals surface area contributed by atoms with Gasteiger partial charge >= 0.3 is 0 Å². The first-order valence-electron chi connectivity index (χ1n) is 4.75. The monoisotopic (exact) mass is 221 g/mol. The van der Waals surface area contributed by atoms with Crippen molar-refractivity contribution >= 4 is 17.9 Å². The predicted octanol–water partition coefficient (Wildman–Crippen LogP) is 1.31. The van der Waals surface area contributed by atoms with Crippen LogP contribution in [-0.2, 0) is 9.47 Å². The molecule has 1 amide bonds. The maximum Gasteiger partial charge on any atom is 0.276 e. The number of thiol groups is 1. The van der Waals surface area contributed by atoms with Crippen LogP contribution in [0.1, 0.15) is 13.8 Å². The van der Waals surface area contributed by atoms with Crippen molar-refractivity contribution < 1.29 is 14.3 Å². The second-order valence-corrected chi connectivity index (χ2v) is 3.72. The van der Waals surface area contributed by atoms with Crippen LogP contribution >= 0.6 is 12.6 Å². The summed E-state index contributed by atoms with van der Waals surface area (Å²) in [6.07, 6.45) is 0. The average molecular weight is 221 g/mol. The van der Waals surface area contributed by atoms with Crippen LogP contribution in [0.3, 0.4) is 0 Å². The summed E-state index contributed by atoms with van der Waals surface area (Å²) in [5.74, 6) is 0.554. The number of rotatable bonds is 8. The fourth-order valence-corrected chi connectivity index (χ4v) is 0.881. The summed E-state index contributed by atoms with van der Waals surface area (Å²) >= 11 is 3.55. The van der Waals surface area contributed by atoms with E-state index < -0.39 is 0 Å². The Morgan fingerprint density at radius 3 is 2.50 bits per heavy atom. The minimum Gasteiger partial charge on any atom is -0.379 e. The standard InChI is InChI=1S/C9H19NO3S/c1-8(2)7-13-6-5-12-4-3-10-9(11)14/h8H,3-7H2,1-2H3,(H2,10,11,14). The van der Waals surface area contributed by atoms with Gasteiger partial charge in [-0.05, 0) is 5.92 Å². The van der Waals surface area contributed by atoms with E-state index in [1.165, 1.54) is 0 Å². The van der Waals surface area contributed by atoms with Crippen molar-refractivity contribution in [1.29, 1.82) is 0 Å². The molecule has 0 aliphatic rings. The van der Waals surface area contributed by atoms with E-state index in [0.717, 1.165) is 6.61 Å². The number of ether oxygens (including phenoxy) is 2. The van der Waals surface area contributed by atoms with Crippen LogP contribution in [0.15, 0.2) is 0 Å². The zero-order valence-corrected chi connectivity index (χ0v) is 9.68. The number of amides is 1. The van der Waals surface area contributed by atoms with Crippen molar-refractivity contribution in [2.24, 2.45) is 5.92 Å². The van der Waals surface area contributed by atoms with Gasteiger partial charge in [0.25, 0.3) is 5.24 Å². The van der Waals surface area contributed by atoms with Gasteiger partial charge in [-0.1, -0.05) is 26.5 Å². The highest BCUT2D eigenvalue weighted by Crippen LogP contribution is 1.91. The number of hydrogen-bond donors (Lipinski definition) is 2. The maximum atomic E-state index is 10.3. The Hall–Kier alpha value is -0.260. The lowest BCUT2D eigenvalue weighted by atomic mass is 10.2. The van der Waals surface area contributed by atoms with E-state index in [2.05, 4.69) is 31.8 Å². The quantitative estimate of drug-likeness (QED) is 0.480. The van der Waals surface area contributed by atoms with Crippen molar-refractivity contribution in [2.45, 2.75) is 13.8 Å². The van der Waals surface area contributed by atoms with E-state index in [1.807, 2.05) is 0 Å². The molecule has 0 spiro atoms. The summed E-state index contributed by atoms with van der Waals surface area (Å²) < 4.78 is 10.5. The van der Waals surface area contributed by atoms with Crippen LogP contribution in [0, 0.1) is 5.92 Å². The van der Waals surface area contributed by atoms with E-state index in [0.29, 0.717) is 32.3 Å². The lowest BCUT2D eigenvalue weighted by Crippen LogP contribution is -2.22. The van der Waals surface area contributed by atoms with E-state index in [1.54, 1.807) is 0 Å². The van der Waals surface area contributed by atoms with Crippen LogP contribution in [0.2, 0.25) is 0 Å². The minimum atomic E-state index is -0.329. The molecule has 0 fully saturated rings. The zero-order chi connectivity index (χ0) is 10.8. The average Bonchev–Trinajstić information content (AvgIpc) is 2.08. The van der Waals surface area contributed by atoms with E-state index in [9.17, 15) is 4.79 Å². The van der Waals surface area contributed by atoms with E-state index >= 15 is 0 Å². The Morgan fingerprint density at radius 1 is 1.29 bits per heavy atom. The lowest BCUT2D eigenvalue weighted by molar-refractivity contribution is 0.0394. The Bertz CT molecular complexity index is 153. The van der Waals surface area contributed by atoms with Crippen LogP contribution < -0.4 is 5.32 Å². The van der Waals surface area contributed by atoms with Gasteiger partial charge < -0.3 is 14.8 Å². The molecule has 0 heterocycles. The molecule has 0 rings (SSSR count). The molecule has 0 aliphatic carbocycles. The molecule has 0 radical (unpaired) electrons. The van der Waals surface area contributed by atoms with Gasteiger partial charge in [0.2, 0.25) is 0 Å². The SMILES string of the molecule is CC(C)COCCOCCNC(=O)S. The Morgan fingerprint density at radius 2 is 1.93 bits per heavy atom. The minimum absolute atomic E-state index is 0.329. The molecular weight excluding hydrogens is 202 g/mol. The molecule has 0 saturated carbocycles.